The molecule has 3 rings (SSSR count). The molecule has 7 heteroatoms. The summed E-state index contributed by atoms with van der Waals surface area (Å²) >= 11 is 0. The Kier molecular flexibility index (Phi) is 4.65. The molecule has 1 fully saturated rings. The first kappa shape index (κ1) is 15.9. The summed E-state index contributed by atoms with van der Waals surface area (Å²) in [6, 6.07) is 7.93. The van der Waals surface area contributed by atoms with E-state index >= 15 is 0 Å². The molecule has 1 aromatic heterocycles. The SMILES string of the molecule is O=c1[nH]c(O)c(C=C=Cc2ccc(N3CCOCC3)cc2)c(=O)[nH]1. The maximum Gasteiger partial charge on any atom is 0.328 e. The number of morpholine rings is 1. The zero-order chi connectivity index (χ0) is 16.9. The molecule has 3 N–H and O–H groups in total. The molecule has 2 heterocycles. The van der Waals surface area contributed by atoms with Crippen molar-refractivity contribution in [2.75, 3.05) is 31.2 Å². The van der Waals surface area contributed by atoms with Crippen LogP contribution in [0, 0.1) is 0 Å². The highest BCUT2D eigenvalue weighted by atomic mass is 16.5. The number of aromatic amines is 2. The molecular formula is C17H17N3O4. The normalized spacial score (nSPS) is 14.1. The van der Waals surface area contributed by atoms with Crippen molar-refractivity contribution in [1.82, 2.24) is 9.97 Å². The van der Waals surface area contributed by atoms with Crippen molar-refractivity contribution in [2.24, 2.45) is 0 Å². The van der Waals surface area contributed by atoms with Gasteiger partial charge in [-0.25, -0.2) is 4.79 Å². The largest absolute Gasteiger partial charge is 0.494 e. The van der Waals surface area contributed by atoms with Gasteiger partial charge in [-0.3, -0.25) is 14.8 Å². The monoisotopic (exact) mass is 327 g/mol. The molecule has 1 aliphatic heterocycles. The van der Waals surface area contributed by atoms with E-state index in [1.54, 1.807) is 6.08 Å². The van der Waals surface area contributed by atoms with Gasteiger partial charge in [0.05, 0.1) is 13.2 Å². The molecule has 0 saturated carbocycles. The smallest absolute Gasteiger partial charge is 0.328 e. The topological polar surface area (TPSA) is 98.4 Å². The second kappa shape index (κ2) is 7.04. The lowest BCUT2D eigenvalue weighted by molar-refractivity contribution is 0.122. The third-order valence-corrected chi connectivity index (χ3v) is 3.71. The first-order chi connectivity index (χ1) is 11.6. The molecule has 0 radical (unpaired) electrons. The Bertz CT molecular complexity index is 883. The Hall–Kier alpha value is -3.02. The third-order valence-electron chi connectivity index (χ3n) is 3.71. The standard InChI is InChI=1S/C17H17N3O4/c21-15-14(16(22)19-17(23)18-15)3-1-2-12-4-6-13(7-5-12)20-8-10-24-11-9-20/h2-7H,8-11H2,(H3,18,19,21,22,23). The van der Waals surface area contributed by atoms with Gasteiger partial charge in [-0.2, -0.15) is 0 Å². The highest BCUT2D eigenvalue weighted by Gasteiger charge is 2.10. The van der Waals surface area contributed by atoms with Gasteiger partial charge in [-0.1, -0.05) is 12.1 Å². The number of ether oxygens (including phenoxy) is 1. The van der Waals surface area contributed by atoms with E-state index in [0.717, 1.165) is 37.6 Å². The average molecular weight is 327 g/mol. The van der Waals surface area contributed by atoms with E-state index < -0.39 is 17.1 Å². The number of H-pyrrole nitrogens is 2. The number of benzene rings is 1. The van der Waals surface area contributed by atoms with Gasteiger partial charge in [0.1, 0.15) is 5.56 Å². The third kappa shape index (κ3) is 3.65. The van der Waals surface area contributed by atoms with E-state index in [4.69, 9.17) is 4.74 Å². The van der Waals surface area contributed by atoms with Crippen LogP contribution in [0.2, 0.25) is 0 Å². The van der Waals surface area contributed by atoms with Crippen molar-refractivity contribution in [1.29, 1.82) is 0 Å². The summed E-state index contributed by atoms with van der Waals surface area (Å²) in [5.41, 5.74) is 3.41. The minimum absolute atomic E-state index is 0.0456. The van der Waals surface area contributed by atoms with Crippen molar-refractivity contribution >= 4 is 17.8 Å². The second-order valence-electron chi connectivity index (χ2n) is 5.32. The van der Waals surface area contributed by atoms with Crippen LogP contribution in [-0.2, 0) is 4.74 Å². The lowest BCUT2D eigenvalue weighted by Crippen LogP contribution is -2.36. The Labute approximate surface area is 137 Å². The molecule has 0 atom stereocenters. The molecule has 24 heavy (non-hydrogen) atoms. The number of aromatic nitrogens is 2. The molecule has 0 aliphatic carbocycles. The molecule has 0 bridgehead atoms. The van der Waals surface area contributed by atoms with E-state index in [9.17, 15) is 14.7 Å². The summed E-state index contributed by atoms with van der Waals surface area (Å²) in [4.78, 5) is 29.0. The van der Waals surface area contributed by atoms with Crippen LogP contribution >= 0.6 is 0 Å². The van der Waals surface area contributed by atoms with Crippen LogP contribution in [0.4, 0.5) is 5.69 Å². The summed E-state index contributed by atoms with van der Waals surface area (Å²) in [6.07, 6.45) is 3.01. The Morgan fingerprint density at radius 2 is 1.79 bits per heavy atom. The predicted molar refractivity (Wildman–Crippen MR) is 91.3 cm³/mol. The molecular weight excluding hydrogens is 310 g/mol. The lowest BCUT2D eigenvalue weighted by atomic mass is 10.2. The van der Waals surface area contributed by atoms with Crippen LogP contribution in [0.5, 0.6) is 5.88 Å². The lowest BCUT2D eigenvalue weighted by Gasteiger charge is -2.28. The molecule has 1 aliphatic rings. The first-order valence-corrected chi connectivity index (χ1v) is 7.54. The second-order valence-corrected chi connectivity index (χ2v) is 5.32. The summed E-state index contributed by atoms with van der Waals surface area (Å²) in [7, 11) is 0. The highest BCUT2D eigenvalue weighted by molar-refractivity contribution is 5.61. The van der Waals surface area contributed by atoms with E-state index in [0.29, 0.717) is 0 Å². The predicted octanol–water partition coefficient (Wildman–Crippen LogP) is 0.931. The van der Waals surface area contributed by atoms with Crippen LogP contribution in [-0.4, -0.2) is 41.4 Å². The fraction of sp³-hybridized carbons (Fsp3) is 0.235. The van der Waals surface area contributed by atoms with Crippen LogP contribution < -0.4 is 16.1 Å². The Morgan fingerprint density at radius 1 is 1.08 bits per heavy atom. The Balaban J connectivity index is 1.77. The van der Waals surface area contributed by atoms with E-state index in [1.807, 2.05) is 29.2 Å². The van der Waals surface area contributed by atoms with Gasteiger partial charge in [0.2, 0.25) is 5.88 Å². The van der Waals surface area contributed by atoms with Crippen LogP contribution in [0.1, 0.15) is 11.1 Å². The number of anilines is 1. The zero-order valence-corrected chi connectivity index (χ0v) is 12.9. The minimum Gasteiger partial charge on any atom is -0.494 e. The molecule has 1 aromatic carbocycles. The number of aromatic hydroxyl groups is 1. The van der Waals surface area contributed by atoms with Gasteiger partial charge in [0.15, 0.2) is 0 Å². The number of nitrogens with zero attached hydrogens (tertiary/aromatic N) is 1. The summed E-state index contributed by atoms with van der Waals surface area (Å²) in [5.74, 6) is -0.479. The van der Waals surface area contributed by atoms with Gasteiger partial charge in [-0.05, 0) is 29.8 Å². The minimum atomic E-state index is -0.752. The fourth-order valence-corrected chi connectivity index (χ4v) is 2.44. The fourth-order valence-electron chi connectivity index (χ4n) is 2.44. The summed E-state index contributed by atoms with van der Waals surface area (Å²) in [6.45, 7) is 3.23. The molecule has 2 aromatic rings. The zero-order valence-electron chi connectivity index (χ0n) is 12.9. The number of hydrogen-bond donors (Lipinski definition) is 3. The van der Waals surface area contributed by atoms with Crippen LogP contribution in [0.25, 0.3) is 12.2 Å². The molecule has 7 nitrogen and oxygen atoms in total. The van der Waals surface area contributed by atoms with Crippen molar-refractivity contribution in [3.05, 3.63) is 62.0 Å². The number of rotatable bonds is 3. The van der Waals surface area contributed by atoms with Crippen LogP contribution in [0.3, 0.4) is 0 Å². The molecule has 0 amide bonds. The Morgan fingerprint density at radius 3 is 2.46 bits per heavy atom. The first-order valence-electron chi connectivity index (χ1n) is 7.54. The van der Waals surface area contributed by atoms with Gasteiger partial charge < -0.3 is 14.7 Å². The van der Waals surface area contributed by atoms with Crippen molar-refractivity contribution in [3.8, 4) is 5.88 Å². The molecule has 1 saturated heterocycles. The quantitative estimate of drug-likeness (QED) is 0.729. The number of nitrogens with one attached hydrogen (secondary N) is 2. The average Bonchev–Trinajstić information content (AvgIpc) is 2.58. The molecule has 0 unspecified atom stereocenters. The van der Waals surface area contributed by atoms with Gasteiger partial charge in [-0.15, -0.1) is 5.73 Å². The van der Waals surface area contributed by atoms with Crippen molar-refractivity contribution in [3.63, 3.8) is 0 Å². The number of hydrogen-bond acceptors (Lipinski definition) is 5. The van der Waals surface area contributed by atoms with E-state index in [2.05, 4.69) is 15.6 Å². The van der Waals surface area contributed by atoms with E-state index in [-0.39, 0.29) is 5.56 Å². The highest BCUT2D eigenvalue weighted by Crippen LogP contribution is 2.17. The van der Waals surface area contributed by atoms with Gasteiger partial charge in [0.25, 0.3) is 5.56 Å². The maximum atomic E-state index is 11.6. The summed E-state index contributed by atoms with van der Waals surface area (Å²) < 4.78 is 5.33. The molecule has 124 valence electrons. The molecule has 0 spiro atoms. The van der Waals surface area contributed by atoms with Gasteiger partial charge >= 0.3 is 5.69 Å². The van der Waals surface area contributed by atoms with E-state index in [1.165, 1.54) is 6.08 Å². The van der Waals surface area contributed by atoms with Gasteiger partial charge in [0, 0.05) is 18.8 Å². The van der Waals surface area contributed by atoms with Crippen LogP contribution in [0.15, 0.2) is 39.6 Å². The maximum absolute atomic E-state index is 11.6. The van der Waals surface area contributed by atoms with Crippen molar-refractivity contribution in [2.45, 2.75) is 0 Å². The summed E-state index contributed by atoms with van der Waals surface area (Å²) in [5, 5.41) is 9.57. The van der Waals surface area contributed by atoms with Crippen molar-refractivity contribution < 1.29 is 9.84 Å².